The van der Waals surface area contributed by atoms with Crippen LogP contribution in [-0.2, 0) is 4.74 Å². The molecule has 2 rings (SSSR count). The summed E-state index contributed by atoms with van der Waals surface area (Å²) >= 11 is 0. The van der Waals surface area contributed by atoms with Crippen molar-refractivity contribution in [3.63, 3.8) is 0 Å². The monoisotopic (exact) mass is 246 g/mol. The second-order valence-corrected chi connectivity index (χ2v) is 3.76. The third-order valence-electron chi connectivity index (χ3n) is 2.62. The van der Waals surface area contributed by atoms with Crippen molar-refractivity contribution in [2.75, 3.05) is 6.61 Å². The molecule has 3 atom stereocenters. The molecule has 17 heavy (non-hydrogen) atoms. The first-order chi connectivity index (χ1) is 8.02. The fourth-order valence-electron chi connectivity index (χ4n) is 1.72. The highest BCUT2D eigenvalue weighted by atomic mass is 19.1. The summed E-state index contributed by atoms with van der Waals surface area (Å²) in [6.45, 7) is -0.405. The van der Waals surface area contributed by atoms with Gasteiger partial charge in [0.1, 0.15) is 12.3 Å². The Balaban J connectivity index is 2.34. The van der Waals surface area contributed by atoms with Gasteiger partial charge >= 0.3 is 5.69 Å². The average molecular weight is 246 g/mol. The lowest BCUT2D eigenvalue weighted by molar-refractivity contribution is -0.0462. The first-order valence-corrected chi connectivity index (χ1v) is 4.98. The normalized spacial score (nSPS) is 28.5. The number of aromatic amines is 1. The molecule has 1 aromatic heterocycles. The van der Waals surface area contributed by atoms with Gasteiger partial charge in [-0.25, -0.2) is 4.79 Å². The van der Waals surface area contributed by atoms with Crippen molar-refractivity contribution < 1.29 is 19.3 Å². The van der Waals surface area contributed by atoms with Gasteiger partial charge in [0.2, 0.25) is 5.82 Å². The smallest absolute Gasteiger partial charge is 0.330 e. The van der Waals surface area contributed by atoms with Gasteiger partial charge in [0, 0.05) is 6.42 Å². The second kappa shape index (κ2) is 4.40. The van der Waals surface area contributed by atoms with Crippen LogP contribution in [0.2, 0.25) is 0 Å². The van der Waals surface area contributed by atoms with E-state index in [1.165, 1.54) is 0 Å². The van der Waals surface area contributed by atoms with Gasteiger partial charge in [-0.05, 0) is 0 Å². The van der Waals surface area contributed by atoms with Gasteiger partial charge in [0.05, 0.1) is 18.9 Å². The lowest BCUT2D eigenvalue weighted by atomic mass is 10.2. The van der Waals surface area contributed by atoms with Gasteiger partial charge in [-0.15, -0.1) is 0 Å². The van der Waals surface area contributed by atoms with E-state index in [2.05, 4.69) is 0 Å². The van der Waals surface area contributed by atoms with Crippen molar-refractivity contribution in [2.24, 2.45) is 0 Å². The van der Waals surface area contributed by atoms with Gasteiger partial charge in [0.15, 0.2) is 0 Å². The number of aliphatic hydroxyl groups excluding tert-OH is 2. The number of hydrogen-bond donors (Lipinski definition) is 3. The number of nitrogens with one attached hydrogen (secondary N) is 1. The molecule has 7 nitrogen and oxygen atoms in total. The summed E-state index contributed by atoms with van der Waals surface area (Å²) in [4.78, 5) is 24.0. The Kier molecular flexibility index (Phi) is 3.09. The van der Waals surface area contributed by atoms with Crippen molar-refractivity contribution in [1.82, 2.24) is 9.55 Å². The van der Waals surface area contributed by atoms with Crippen LogP contribution >= 0.6 is 0 Å². The molecule has 0 aromatic carbocycles. The summed E-state index contributed by atoms with van der Waals surface area (Å²) in [5, 5.41) is 18.3. The molecule has 94 valence electrons. The lowest BCUT2D eigenvalue weighted by Crippen LogP contribution is -2.34. The SMILES string of the molecule is O=c1[nH]c(=O)n(C2C[C@H](O)C(CO)O2)cc1F. The van der Waals surface area contributed by atoms with E-state index in [9.17, 15) is 19.1 Å². The number of aliphatic hydroxyl groups is 2. The van der Waals surface area contributed by atoms with Crippen LogP contribution in [0.1, 0.15) is 12.6 Å². The van der Waals surface area contributed by atoms with Gasteiger partial charge in [-0.3, -0.25) is 14.3 Å². The molecule has 0 amide bonds. The highest BCUT2D eigenvalue weighted by Crippen LogP contribution is 2.26. The molecule has 1 aliphatic rings. The molecule has 1 saturated heterocycles. The molecule has 8 heteroatoms. The summed E-state index contributed by atoms with van der Waals surface area (Å²) in [5.41, 5.74) is -1.93. The summed E-state index contributed by atoms with van der Waals surface area (Å²) in [6, 6.07) is 0. The van der Waals surface area contributed by atoms with E-state index in [0.717, 1.165) is 10.8 Å². The Hall–Kier alpha value is -1.51. The van der Waals surface area contributed by atoms with E-state index < -0.39 is 42.1 Å². The van der Waals surface area contributed by atoms with Gasteiger partial charge in [-0.1, -0.05) is 0 Å². The van der Waals surface area contributed by atoms with Crippen LogP contribution in [0.3, 0.4) is 0 Å². The number of rotatable bonds is 2. The Morgan fingerprint density at radius 1 is 1.59 bits per heavy atom. The Bertz CT molecular complexity index is 525. The quantitative estimate of drug-likeness (QED) is 0.578. The zero-order valence-electron chi connectivity index (χ0n) is 8.67. The molecule has 1 fully saturated rings. The fourth-order valence-corrected chi connectivity index (χ4v) is 1.72. The minimum absolute atomic E-state index is 0.0383. The molecule has 1 aromatic rings. The lowest BCUT2D eigenvalue weighted by Gasteiger charge is -2.13. The van der Waals surface area contributed by atoms with Crippen LogP contribution in [0.5, 0.6) is 0 Å². The highest BCUT2D eigenvalue weighted by Gasteiger charge is 2.35. The first kappa shape index (κ1) is 12.0. The van der Waals surface area contributed by atoms with Crippen molar-refractivity contribution in [3.05, 3.63) is 32.9 Å². The third kappa shape index (κ3) is 2.14. The standard InChI is InChI=1S/C9H11FN2O5/c10-4-2-12(9(16)11-8(4)15)7-1-5(14)6(3-13)17-7/h2,5-7,13-14H,1,3H2,(H,11,15,16)/t5-,6?,7?/m0/s1. The predicted octanol–water partition coefficient (Wildman–Crippen LogP) is -1.68. The average Bonchev–Trinajstić information content (AvgIpc) is 2.65. The van der Waals surface area contributed by atoms with Crippen molar-refractivity contribution in [1.29, 1.82) is 0 Å². The van der Waals surface area contributed by atoms with Crippen LogP contribution in [0, 0.1) is 5.82 Å². The number of aromatic nitrogens is 2. The van der Waals surface area contributed by atoms with E-state index in [1.807, 2.05) is 0 Å². The van der Waals surface area contributed by atoms with E-state index in [4.69, 9.17) is 9.84 Å². The summed E-state index contributed by atoms with van der Waals surface area (Å²) in [7, 11) is 0. The maximum absolute atomic E-state index is 13.0. The number of nitrogens with zero attached hydrogens (tertiary/aromatic N) is 1. The number of ether oxygens (including phenoxy) is 1. The maximum Gasteiger partial charge on any atom is 0.330 e. The molecule has 1 aliphatic heterocycles. The minimum atomic E-state index is -1.12. The van der Waals surface area contributed by atoms with Crippen LogP contribution in [0.4, 0.5) is 4.39 Å². The molecule has 3 N–H and O–H groups in total. The Morgan fingerprint density at radius 2 is 2.29 bits per heavy atom. The van der Waals surface area contributed by atoms with E-state index in [1.54, 1.807) is 4.98 Å². The molecule has 2 heterocycles. The summed E-state index contributed by atoms with van der Waals surface area (Å²) in [6.07, 6.45) is -1.90. The molecule has 0 spiro atoms. The summed E-state index contributed by atoms with van der Waals surface area (Å²) < 4.78 is 19.0. The van der Waals surface area contributed by atoms with Crippen molar-refractivity contribution in [3.8, 4) is 0 Å². The molecule has 0 bridgehead atoms. The zero-order chi connectivity index (χ0) is 12.6. The summed E-state index contributed by atoms with van der Waals surface area (Å²) in [5.74, 6) is -1.12. The van der Waals surface area contributed by atoms with Gasteiger partial charge in [-0.2, -0.15) is 4.39 Å². The molecule has 2 unspecified atom stereocenters. The number of halogens is 1. The fraction of sp³-hybridized carbons (Fsp3) is 0.556. The number of H-pyrrole nitrogens is 1. The van der Waals surface area contributed by atoms with E-state index in [0.29, 0.717) is 0 Å². The van der Waals surface area contributed by atoms with Crippen molar-refractivity contribution in [2.45, 2.75) is 24.9 Å². The van der Waals surface area contributed by atoms with Crippen LogP contribution < -0.4 is 11.2 Å². The second-order valence-electron chi connectivity index (χ2n) is 3.76. The van der Waals surface area contributed by atoms with E-state index >= 15 is 0 Å². The topological polar surface area (TPSA) is 105 Å². The van der Waals surface area contributed by atoms with E-state index in [-0.39, 0.29) is 6.42 Å². The zero-order valence-corrected chi connectivity index (χ0v) is 8.67. The Labute approximate surface area is 94.1 Å². The highest BCUT2D eigenvalue weighted by molar-refractivity contribution is 4.90. The third-order valence-corrected chi connectivity index (χ3v) is 2.62. The van der Waals surface area contributed by atoms with Gasteiger partial charge < -0.3 is 14.9 Å². The maximum atomic E-state index is 13.0. The molecular weight excluding hydrogens is 235 g/mol. The van der Waals surface area contributed by atoms with Crippen molar-refractivity contribution >= 4 is 0 Å². The predicted molar refractivity (Wildman–Crippen MR) is 52.9 cm³/mol. The Morgan fingerprint density at radius 3 is 2.88 bits per heavy atom. The van der Waals surface area contributed by atoms with Gasteiger partial charge in [0.25, 0.3) is 5.56 Å². The molecule has 0 radical (unpaired) electrons. The largest absolute Gasteiger partial charge is 0.394 e. The number of hydrogen-bond acceptors (Lipinski definition) is 5. The minimum Gasteiger partial charge on any atom is -0.394 e. The molecular formula is C9H11FN2O5. The molecule has 0 saturated carbocycles. The first-order valence-electron chi connectivity index (χ1n) is 4.98. The molecule has 0 aliphatic carbocycles. The van der Waals surface area contributed by atoms with Crippen LogP contribution in [-0.4, -0.2) is 38.6 Å². The van der Waals surface area contributed by atoms with Crippen LogP contribution in [0.15, 0.2) is 15.8 Å². The van der Waals surface area contributed by atoms with Crippen LogP contribution in [0.25, 0.3) is 0 Å².